The first kappa shape index (κ1) is 10.7. The van der Waals surface area contributed by atoms with Crippen LogP contribution in [0.2, 0.25) is 0 Å². The van der Waals surface area contributed by atoms with Crippen molar-refractivity contribution in [3.63, 3.8) is 0 Å². The number of benzene rings is 1. The van der Waals surface area contributed by atoms with Crippen LogP contribution in [0.5, 0.6) is 0 Å². The zero-order valence-electron chi connectivity index (χ0n) is 9.76. The summed E-state index contributed by atoms with van der Waals surface area (Å²) in [6.07, 6.45) is 4.64. The van der Waals surface area contributed by atoms with E-state index in [4.69, 9.17) is 0 Å². The van der Waals surface area contributed by atoms with Crippen LogP contribution in [0.1, 0.15) is 24.0 Å². The van der Waals surface area contributed by atoms with Crippen molar-refractivity contribution in [3.05, 3.63) is 39.4 Å². The molecule has 90 valence electrons. The average molecular weight is 232 g/mol. The SMILES string of the molecule is O=[N+]([O-])c1ccc2c(c1)CC(N1CCCC1)C2. The fourth-order valence-electron chi connectivity index (χ4n) is 3.06. The predicted octanol–water partition coefficient (Wildman–Crippen LogP) is 2.16. The first-order chi connectivity index (χ1) is 8.24. The van der Waals surface area contributed by atoms with Crippen molar-refractivity contribution in [2.24, 2.45) is 0 Å². The van der Waals surface area contributed by atoms with Crippen molar-refractivity contribution < 1.29 is 4.92 Å². The van der Waals surface area contributed by atoms with Gasteiger partial charge in [0.25, 0.3) is 5.69 Å². The Kier molecular flexibility index (Phi) is 2.59. The summed E-state index contributed by atoms with van der Waals surface area (Å²) in [7, 11) is 0. The van der Waals surface area contributed by atoms with Crippen molar-refractivity contribution in [3.8, 4) is 0 Å². The maximum Gasteiger partial charge on any atom is 0.269 e. The summed E-state index contributed by atoms with van der Waals surface area (Å²) in [6, 6.07) is 5.90. The lowest BCUT2D eigenvalue weighted by Gasteiger charge is -2.22. The molecule has 1 heterocycles. The summed E-state index contributed by atoms with van der Waals surface area (Å²) in [5.41, 5.74) is 2.70. The highest BCUT2D eigenvalue weighted by atomic mass is 16.6. The lowest BCUT2D eigenvalue weighted by atomic mass is 10.1. The van der Waals surface area contributed by atoms with Crippen molar-refractivity contribution in [1.82, 2.24) is 4.90 Å². The molecule has 1 aromatic carbocycles. The summed E-state index contributed by atoms with van der Waals surface area (Å²) in [4.78, 5) is 13.0. The second-order valence-electron chi connectivity index (χ2n) is 5.02. The molecule has 17 heavy (non-hydrogen) atoms. The Morgan fingerprint density at radius 1 is 1.18 bits per heavy atom. The normalized spacial score (nSPS) is 23.9. The van der Waals surface area contributed by atoms with Crippen LogP contribution in [0, 0.1) is 10.1 Å². The fraction of sp³-hybridized carbons (Fsp3) is 0.538. The highest BCUT2D eigenvalue weighted by molar-refractivity contribution is 5.43. The van der Waals surface area contributed by atoms with E-state index < -0.39 is 0 Å². The van der Waals surface area contributed by atoms with Gasteiger partial charge in [0.15, 0.2) is 0 Å². The van der Waals surface area contributed by atoms with Gasteiger partial charge in [-0.3, -0.25) is 15.0 Å². The van der Waals surface area contributed by atoms with E-state index >= 15 is 0 Å². The Hall–Kier alpha value is -1.42. The monoisotopic (exact) mass is 232 g/mol. The summed E-state index contributed by atoms with van der Waals surface area (Å²) in [5, 5.41) is 10.7. The van der Waals surface area contributed by atoms with Gasteiger partial charge >= 0.3 is 0 Å². The third-order valence-corrected chi connectivity index (χ3v) is 3.97. The molecule has 1 unspecified atom stereocenters. The summed E-state index contributed by atoms with van der Waals surface area (Å²) in [5.74, 6) is 0. The molecule has 0 radical (unpaired) electrons. The van der Waals surface area contributed by atoms with Crippen LogP contribution in [-0.2, 0) is 12.8 Å². The average Bonchev–Trinajstić information content (AvgIpc) is 2.96. The molecule has 0 N–H and O–H groups in total. The van der Waals surface area contributed by atoms with E-state index in [1.165, 1.54) is 37.1 Å². The van der Waals surface area contributed by atoms with Crippen LogP contribution < -0.4 is 0 Å². The Labute approximate surface area is 100 Å². The quantitative estimate of drug-likeness (QED) is 0.580. The van der Waals surface area contributed by atoms with Gasteiger partial charge in [0.05, 0.1) is 4.92 Å². The second kappa shape index (κ2) is 4.11. The number of rotatable bonds is 2. The van der Waals surface area contributed by atoms with Gasteiger partial charge in [-0.2, -0.15) is 0 Å². The molecule has 0 bridgehead atoms. The van der Waals surface area contributed by atoms with E-state index in [1.54, 1.807) is 12.1 Å². The molecular formula is C13H16N2O2. The van der Waals surface area contributed by atoms with Crippen molar-refractivity contribution in [2.75, 3.05) is 13.1 Å². The first-order valence-electron chi connectivity index (χ1n) is 6.24. The molecular weight excluding hydrogens is 216 g/mol. The van der Waals surface area contributed by atoms with E-state index in [9.17, 15) is 10.1 Å². The predicted molar refractivity (Wildman–Crippen MR) is 65.1 cm³/mol. The first-order valence-corrected chi connectivity index (χ1v) is 6.24. The Balaban J connectivity index is 1.80. The minimum atomic E-state index is -0.302. The van der Waals surface area contributed by atoms with Crippen LogP contribution in [0.3, 0.4) is 0 Å². The molecule has 1 saturated heterocycles. The zero-order valence-corrected chi connectivity index (χ0v) is 9.76. The molecule has 1 fully saturated rings. The van der Waals surface area contributed by atoms with Gasteiger partial charge in [0, 0.05) is 18.2 Å². The Morgan fingerprint density at radius 3 is 2.59 bits per heavy atom. The van der Waals surface area contributed by atoms with Crippen LogP contribution in [0.4, 0.5) is 5.69 Å². The zero-order chi connectivity index (χ0) is 11.8. The Bertz CT molecular complexity index is 453. The minimum absolute atomic E-state index is 0.228. The molecule has 1 aliphatic carbocycles. The molecule has 1 aliphatic heterocycles. The van der Waals surface area contributed by atoms with Gasteiger partial charge in [-0.15, -0.1) is 0 Å². The van der Waals surface area contributed by atoms with Gasteiger partial charge in [-0.1, -0.05) is 6.07 Å². The second-order valence-corrected chi connectivity index (χ2v) is 5.02. The van der Waals surface area contributed by atoms with Gasteiger partial charge in [-0.05, 0) is 49.9 Å². The number of nitro groups is 1. The third-order valence-electron chi connectivity index (χ3n) is 3.97. The Morgan fingerprint density at radius 2 is 1.88 bits per heavy atom. The van der Waals surface area contributed by atoms with Crippen molar-refractivity contribution >= 4 is 5.69 Å². The number of nitrogens with zero attached hydrogens (tertiary/aromatic N) is 2. The molecule has 3 rings (SSSR count). The highest BCUT2D eigenvalue weighted by Crippen LogP contribution is 2.30. The maximum absolute atomic E-state index is 10.7. The molecule has 0 saturated carbocycles. The topological polar surface area (TPSA) is 46.4 Å². The smallest absolute Gasteiger partial charge is 0.269 e. The summed E-state index contributed by atoms with van der Waals surface area (Å²) >= 11 is 0. The number of hydrogen-bond acceptors (Lipinski definition) is 3. The molecule has 0 spiro atoms. The van der Waals surface area contributed by atoms with E-state index in [0.717, 1.165) is 12.8 Å². The minimum Gasteiger partial charge on any atom is -0.300 e. The number of fused-ring (bicyclic) bond motifs is 1. The standard InChI is InChI=1S/C13H16N2O2/c16-15(17)12-4-3-10-7-13(9-11(10)8-12)14-5-1-2-6-14/h3-4,8,13H,1-2,5-7,9H2. The van der Waals surface area contributed by atoms with Crippen LogP contribution in [0.25, 0.3) is 0 Å². The lowest BCUT2D eigenvalue weighted by molar-refractivity contribution is -0.384. The van der Waals surface area contributed by atoms with Gasteiger partial charge < -0.3 is 0 Å². The van der Waals surface area contributed by atoms with E-state index in [1.807, 2.05) is 6.07 Å². The summed E-state index contributed by atoms with van der Waals surface area (Å²) < 4.78 is 0. The molecule has 4 nitrogen and oxygen atoms in total. The lowest BCUT2D eigenvalue weighted by Crippen LogP contribution is -2.33. The molecule has 1 aromatic rings. The van der Waals surface area contributed by atoms with Crippen molar-refractivity contribution in [1.29, 1.82) is 0 Å². The van der Waals surface area contributed by atoms with E-state index in [-0.39, 0.29) is 10.6 Å². The number of likely N-dealkylation sites (tertiary alicyclic amines) is 1. The van der Waals surface area contributed by atoms with E-state index in [2.05, 4.69) is 4.90 Å². The van der Waals surface area contributed by atoms with Crippen LogP contribution >= 0.6 is 0 Å². The molecule has 1 atom stereocenters. The fourth-order valence-corrected chi connectivity index (χ4v) is 3.06. The molecule has 0 aromatic heterocycles. The molecule has 4 heteroatoms. The number of non-ortho nitro benzene ring substituents is 1. The molecule has 0 amide bonds. The van der Waals surface area contributed by atoms with Gasteiger partial charge in [0.1, 0.15) is 0 Å². The van der Waals surface area contributed by atoms with Gasteiger partial charge in [-0.25, -0.2) is 0 Å². The number of hydrogen-bond donors (Lipinski definition) is 0. The van der Waals surface area contributed by atoms with Crippen LogP contribution in [-0.4, -0.2) is 29.0 Å². The largest absolute Gasteiger partial charge is 0.300 e. The summed E-state index contributed by atoms with van der Waals surface area (Å²) in [6.45, 7) is 2.39. The maximum atomic E-state index is 10.7. The highest BCUT2D eigenvalue weighted by Gasteiger charge is 2.29. The molecule has 2 aliphatic rings. The number of nitro benzene ring substituents is 1. The van der Waals surface area contributed by atoms with E-state index in [0.29, 0.717) is 6.04 Å². The van der Waals surface area contributed by atoms with Crippen LogP contribution in [0.15, 0.2) is 18.2 Å². The van der Waals surface area contributed by atoms with Gasteiger partial charge in [0.2, 0.25) is 0 Å². The van der Waals surface area contributed by atoms with Crippen molar-refractivity contribution in [2.45, 2.75) is 31.7 Å². The third kappa shape index (κ3) is 1.93.